The van der Waals surface area contributed by atoms with Gasteiger partial charge in [0.15, 0.2) is 0 Å². The standard InChI is InChI=1S/C23H21N3O3/c1-14(22(27)15-7-4-3-5-8-15)25-17-9-6-10-18-21(17)16(23(28)26-18)13-19-20(29-2)11-12-24-19/h3-13,22,24,27H,1-2H3,(H,26,28)/b16-13-,25-14?. The van der Waals surface area contributed by atoms with Crippen molar-refractivity contribution in [3.8, 4) is 5.75 Å². The highest BCUT2D eigenvalue weighted by molar-refractivity contribution is 6.36. The van der Waals surface area contributed by atoms with Crippen molar-refractivity contribution in [3.63, 3.8) is 0 Å². The maximum Gasteiger partial charge on any atom is 0.256 e. The number of amides is 1. The van der Waals surface area contributed by atoms with Crippen LogP contribution in [-0.4, -0.2) is 28.8 Å². The molecule has 4 rings (SSSR count). The van der Waals surface area contributed by atoms with Crippen molar-refractivity contribution in [1.29, 1.82) is 0 Å². The Kier molecular flexibility index (Phi) is 5.01. The summed E-state index contributed by atoms with van der Waals surface area (Å²) in [6, 6.07) is 16.7. The molecule has 0 radical (unpaired) electrons. The second kappa shape index (κ2) is 7.77. The number of carbonyl (C=O) groups is 1. The zero-order chi connectivity index (χ0) is 20.4. The van der Waals surface area contributed by atoms with Gasteiger partial charge in [-0.3, -0.25) is 9.79 Å². The Morgan fingerprint density at radius 1 is 1.14 bits per heavy atom. The monoisotopic (exact) mass is 387 g/mol. The maximum absolute atomic E-state index is 12.6. The first-order valence-corrected chi connectivity index (χ1v) is 9.24. The minimum absolute atomic E-state index is 0.208. The van der Waals surface area contributed by atoms with Crippen LogP contribution in [0.15, 0.2) is 65.8 Å². The molecule has 1 unspecified atom stereocenters. The molecular formula is C23H21N3O3. The topological polar surface area (TPSA) is 86.7 Å². The number of aliphatic hydroxyl groups excluding tert-OH is 1. The Morgan fingerprint density at radius 2 is 1.93 bits per heavy atom. The number of nitrogens with zero attached hydrogens (tertiary/aromatic N) is 1. The summed E-state index contributed by atoms with van der Waals surface area (Å²) in [5.74, 6) is 0.441. The van der Waals surface area contributed by atoms with Gasteiger partial charge in [0, 0.05) is 17.5 Å². The van der Waals surface area contributed by atoms with Crippen LogP contribution in [0.4, 0.5) is 11.4 Å². The third-order valence-electron chi connectivity index (χ3n) is 4.86. The number of benzene rings is 2. The van der Waals surface area contributed by atoms with Crippen molar-refractivity contribution in [1.82, 2.24) is 4.98 Å². The number of H-pyrrole nitrogens is 1. The fourth-order valence-electron chi connectivity index (χ4n) is 3.39. The Balaban J connectivity index is 1.77. The summed E-state index contributed by atoms with van der Waals surface area (Å²) in [5, 5.41) is 13.5. The minimum atomic E-state index is -0.826. The molecule has 0 saturated heterocycles. The molecule has 1 aromatic heterocycles. The molecule has 3 N–H and O–H groups in total. The molecule has 1 amide bonds. The smallest absolute Gasteiger partial charge is 0.256 e. The van der Waals surface area contributed by atoms with E-state index in [1.54, 1.807) is 32.4 Å². The van der Waals surface area contributed by atoms with Crippen LogP contribution in [0.5, 0.6) is 5.75 Å². The normalized spacial score (nSPS) is 15.9. The van der Waals surface area contributed by atoms with Gasteiger partial charge in [-0.1, -0.05) is 36.4 Å². The molecule has 0 bridgehead atoms. The first-order chi connectivity index (χ1) is 14.1. The molecule has 2 heterocycles. The number of nitrogens with one attached hydrogen (secondary N) is 2. The van der Waals surface area contributed by atoms with Crippen LogP contribution in [0.3, 0.4) is 0 Å². The van der Waals surface area contributed by atoms with Crippen molar-refractivity contribution in [3.05, 3.63) is 77.6 Å². The summed E-state index contributed by atoms with van der Waals surface area (Å²) in [7, 11) is 1.58. The molecule has 2 aromatic carbocycles. The zero-order valence-electron chi connectivity index (χ0n) is 16.1. The van der Waals surface area contributed by atoms with Crippen LogP contribution >= 0.6 is 0 Å². The van der Waals surface area contributed by atoms with E-state index in [0.717, 1.165) is 5.56 Å². The number of aromatic amines is 1. The molecule has 0 aliphatic carbocycles. The number of rotatable bonds is 5. The fraction of sp³-hybridized carbons (Fsp3) is 0.130. The summed E-state index contributed by atoms with van der Waals surface area (Å²) in [4.78, 5) is 20.4. The van der Waals surface area contributed by atoms with Crippen molar-refractivity contribution < 1.29 is 14.6 Å². The van der Waals surface area contributed by atoms with E-state index in [9.17, 15) is 9.90 Å². The van der Waals surface area contributed by atoms with Gasteiger partial charge in [0.2, 0.25) is 0 Å². The Morgan fingerprint density at radius 3 is 2.69 bits per heavy atom. The first kappa shape index (κ1) is 18.7. The number of aliphatic hydroxyl groups is 1. The predicted molar refractivity (Wildman–Crippen MR) is 114 cm³/mol. The van der Waals surface area contributed by atoms with E-state index in [2.05, 4.69) is 15.3 Å². The van der Waals surface area contributed by atoms with Crippen molar-refractivity contribution in [2.75, 3.05) is 12.4 Å². The quantitative estimate of drug-likeness (QED) is 0.449. The van der Waals surface area contributed by atoms with Crippen molar-refractivity contribution in [2.45, 2.75) is 13.0 Å². The molecule has 1 aliphatic rings. The Labute approximate surface area is 168 Å². The van der Waals surface area contributed by atoms with Gasteiger partial charge in [-0.25, -0.2) is 0 Å². The van der Waals surface area contributed by atoms with Crippen LogP contribution < -0.4 is 10.1 Å². The number of anilines is 1. The maximum atomic E-state index is 12.6. The minimum Gasteiger partial charge on any atom is -0.495 e. The average molecular weight is 387 g/mol. The van der Waals surface area contributed by atoms with Crippen LogP contribution in [0.1, 0.15) is 29.8 Å². The average Bonchev–Trinajstić information content (AvgIpc) is 3.32. The van der Waals surface area contributed by atoms with Crippen LogP contribution in [-0.2, 0) is 4.79 Å². The lowest BCUT2D eigenvalue weighted by Gasteiger charge is -2.12. The summed E-state index contributed by atoms with van der Waals surface area (Å²) in [6.45, 7) is 1.78. The highest BCUT2D eigenvalue weighted by Gasteiger charge is 2.27. The van der Waals surface area contributed by atoms with Crippen LogP contribution in [0, 0.1) is 0 Å². The van der Waals surface area contributed by atoms with Gasteiger partial charge in [-0.2, -0.15) is 0 Å². The zero-order valence-corrected chi connectivity index (χ0v) is 16.1. The number of hydrogen-bond acceptors (Lipinski definition) is 4. The van der Waals surface area contributed by atoms with Crippen LogP contribution in [0.2, 0.25) is 0 Å². The van der Waals surface area contributed by atoms with Gasteiger partial charge >= 0.3 is 0 Å². The van der Waals surface area contributed by atoms with E-state index < -0.39 is 6.10 Å². The second-order valence-electron chi connectivity index (χ2n) is 6.74. The van der Waals surface area contributed by atoms with Gasteiger partial charge in [-0.05, 0) is 36.8 Å². The summed E-state index contributed by atoms with van der Waals surface area (Å²) in [6.07, 6.45) is 2.68. The molecule has 1 atom stereocenters. The number of ether oxygens (including phenoxy) is 1. The van der Waals surface area contributed by atoms with Crippen molar-refractivity contribution >= 4 is 34.6 Å². The van der Waals surface area contributed by atoms with E-state index in [-0.39, 0.29) is 5.91 Å². The van der Waals surface area contributed by atoms with Gasteiger partial charge in [-0.15, -0.1) is 0 Å². The molecule has 0 fully saturated rings. The number of carbonyl (C=O) groups excluding carboxylic acids is 1. The van der Waals surface area contributed by atoms with Gasteiger partial charge in [0.05, 0.1) is 29.8 Å². The number of fused-ring (bicyclic) bond motifs is 1. The largest absolute Gasteiger partial charge is 0.495 e. The number of aliphatic imine (C=N–C) groups is 1. The SMILES string of the molecule is COc1cc[nH]c1/C=C1\C(=O)Nc2cccc(N=C(C)C(O)c3ccccc3)c21. The first-order valence-electron chi connectivity index (χ1n) is 9.24. The molecule has 1 aliphatic heterocycles. The molecule has 0 saturated carbocycles. The lowest BCUT2D eigenvalue weighted by atomic mass is 10.0. The molecule has 3 aromatic rings. The summed E-state index contributed by atoms with van der Waals surface area (Å²) >= 11 is 0. The fourth-order valence-corrected chi connectivity index (χ4v) is 3.39. The Bertz CT molecular complexity index is 1110. The third kappa shape index (κ3) is 3.58. The number of aromatic nitrogens is 1. The second-order valence-corrected chi connectivity index (χ2v) is 6.74. The molecule has 0 spiro atoms. The van der Waals surface area contributed by atoms with E-state index in [1.807, 2.05) is 48.5 Å². The molecule has 6 heteroatoms. The molecule has 6 nitrogen and oxygen atoms in total. The van der Waals surface area contributed by atoms with Crippen LogP contribution in [0.25, 0.3) is 11.6 Å². The van der Waals surface area contributed by atoms with Gasteiger partial charge < -0.3 is 20.1 Å². The predicted octanol–water partition coefficient (Wildman–Crippen LogP) is 4.34. The third-order valence-corrected chi connectivity index (χ3v) is 4.86. The lowest BCUT2D eigenvalue weighted by Crippen LogP contribution is -2.08. The van der Waals surface area contributed by atoms with E-state index in [1.165, 1.54) is 0 Å². The number of hydrogen-bond donors (Lipinski definition) is 3. The van der Waals surface area contributed by atoms with E-state index in [0.29, 0.717) is 39.7 Å². The highest BCUT2D eigenvalue weighted by Crippen LogP contribution is 2.40. The molecule has 146 valence electrons. The van der Waals surface area contributed by atoms with E-state index >= 15 is 0 Å². The van der Waals surface area contributed by atoms with Crippen molar-refractivity contribution in [2.24, 2.45) is 4.99 Å². The van der Waals surface area contributed by atoms with E-state index in [4.69, 9.17) is 4.74 Å². The Hall–Kier alpha value is -3.64. The van der Waals surface area contributed by atoms with Gasteiger partial charge in [0.25, 0.3) is 5.91 Å². The summed E-state index contributed by atoms with van der Waals surface area (Å²) in [5.41, 5.74) is 4.50. The molecular weight excluding hydrogens is 366 g/mol. The molecule has 29 heavy (non-hydrogen) atoms. The lowest BCUT2D eigenvalue weighted by molar-refractivity contribution is -0.110. The number of methoxy groups -OCH3 is 1. The summed E-state index contributed by atoms with van der Waals surface area (Å²) < 4.78 is 5.33. The van der Waals surface area contributed by atoms with Gasteiger partial charge in [0.1, 0.15) is 11.9 Å². The highest BCUT2D eigenvalue weighted by atomic mass is 16.5.